The average Bonchev–Trinajstić information content (AvgIpc) is 2.96. The van der Waals surface area contributed by atoms with Crippen molar-refractivity contribution < 1.29 is 124 Å². The van der Waals surface area contributed by atoms with Gasteiger partial charge in [-0.1, -0.05) is 0 Å². The summed E-state index contributed by atoms with van der Waals surface area (Å²) in [5.74, 6) is 0. The monoisotopic (exact) mass is 874 g/mol. The third kappa shape index (κ3) is 136. The van der Waals surface area contributed by atoms with Crippen LogP contribution >= 0.6 is 0 Å². The van der Waals surface area contributed by atoms with E-state index < -0.39 is 20.3 Å². The molecule has 52 heavy (non-hydrogen) atoms. The largest absolute Gasteiger partial charge is 2.00 e. The van der Waals surface area contributed by atoms with Gasteiger partial charge in [0.15, 0.2) is 0 Å². The molecule has 0 saturated carbocycles. The number of hydrogen-bond donors (Lipinski definition) is 0. The van der Waals surface area contributed by atoms with Gasteiger partial charge in [0.05, 0.1) is 152 Å². The van der Waals surface area contributed by atoms with E-state index in [1.807, 2.05) is 0 Å². The summed E-state index contributed by atoms with van der Waals surface area (Å²) in [5.41, 5.74) is 0. The van der Waals surface area contributed by atoms with Crippen molar-refractivity contribution in [2.75, 3.05) is 132 Å². The molecule has 0 bridgehead atoms. The molecule has 0 spiro atoms. The molecule has 2 radical (unpaired) electrons. The number of hydrogen-bond acceptors (Lipinski definition) is 22. The Bertz CT molecular complexity index is 472. The van der Waals surface area contributed by atoms with Crippen molar-refractivity contribution in [1.82, 2.24) is 0 Å². The van der Waals surface area contributed by atoms with E-state index in [2.05, 4.69) is 0 Å². The molecule has 0 atom stereocenters. The summed E-state index contributed by atoms with van der Waals surface area (Å²) in [6, 6.07) is 0. The first-order valence-electron chi connectivity index (χ1n) is 13.0. The van der Waals surface area contributed by atoms with Crippen LogP contribution in [0.1, 0.15) is 0 Å². The van der Waals surface area contributed by atoms with Gasteiger partial charge in [0, 0.05) is 0 Å². The summed E-state index contributed by atoms with van der Waals surface area (Å²) in [6.45, 7) is 12.2. The Labute approximate surface area is 317 Å². The smallest absolute Gasteiger partial charge is 0.457 e. The summed E-state index contributed by atoms with van der Waals surface area (Å²) < 4.78 is 52.8. The van der Waals surface area contributed by atoms with Crippen LogP contribution < -0.4 is 0 Å². The summed E-state index contributed by atoms with van der Waals surface area (Å²) in [6.07, 6.45) is 0. The molecule has 32 heteroatoms. The summed E-state index contributed by atoms with van der Waals surface area (Å²) in [5, 5.41) is 59.0. The van der Waals surface area contributed by atoms with Crippen LogP contribution in [0.2, 0.25) is 0 Å². The van der Waals surface area contributed by atoms with E-state index in [1.165, 1.54) is 0 Å². The Morgan fingerprint density at radius 2 is 0.269 bits per heavy atom. The van der Waals surface area contributed by atoms with Crippen molar-refractivity contribution in [3.63, 3.8) is 0 Å². The van der Waals surface area contributed by atoms with Crippen molar-refractivity contribution in [3.8, 4) is 0 Å². The molecule has 2 heterocycles. The molecule has 12 N–H and O–H groups in total. The Morgan fingerprint density at radius 1 is 0.231 bits per heavy atom. The van der Waals surface area contributed by atoms with Crippen LogP contribution in [0.5, 0.6) is 0 Å². The molecule has 0 aliphatic carbocycles. The molecule has 2 aliphatic rings. The van der Waals surface area contributed by atoms with Crippen LogP contribution in [-0.2, 0) is 103 Å². The fourth-order valence-electron chi connectivity index (χ4n) is 2.20. The van der Waals surface area contributed by atoms with Gasteiger partial charge in [-0.2, -0.15) is 0 Å². The maximum Gasteiger partial charge on any atom is 2.00 e. The van der Waals surface area contributed by atoms with E-state index in [-0.39, 0.29) is 56.0 Å². The van der Waals surface area contributed by atoms with E-state index in [0.717, 1.165) is 0 Å². The maximum absolute atomic E-state index is 8.25. The van der Waals surface area contributed by atoms with E-state index >= 15 is 0 Å². The van der Waals surface area contributed by atoms with Crippen LogP contribution in [0.25, 0.3) is 0 Å². The average molecular weight is 875 g/mol. The van der Waals surface area contributed by atoms with Crippen molar-refractivity contribution in [1.29, 1.82) is 0 Å². The molecular formula is C20H52Mn2N4O26+4. The first-order chi connectivity index (χ1) is 21.9. The van der Waals surface area contributed by atoms with Gasteiger partial charge in [0.1, 0.15) is 0 Å². The molecule has 0 aromatic rings. The first-order valence-corrected chi connectivity index (χ1v) is 13.0. The summed E-state index contributed by atoms with van der Waals surface area (Å²) in [4.78, 5) is 33.0. The molecule has 2 aliphatic heterocycles. The van der Waals surface area contributed by atoms with Crippen molar-refractivity contribution in [3.05, 3.63) is 61.3 Å². The maximum atomic E-state index is 8.25. The quantitative estimate of drug-likeness (QED) is 0.0958. The molecule has 30 nitrogen and oxygen atoms in total. The van der Waals surface area contributed by atoms with E-state index in [4.69, 9.17) is 109 Å². The van der Waals surface area contributed by atoms with Gasteiger partial charge < -0.3 is 131 Å². The predicted molar refractivity (Wildman–Crippen MR) is 169 cm³/mol. The molecule has 0 aromatic heterocycles. The van der Waals surface area contributed by atoms with Gasteiger partial charge in [-0.05, 0) is 0 Å². The van der Waals surface area contributed by atoms with Crippen LogP contribution in [0, 0.1) is 61.3 Å². The summed E-state index contributed by atoms with van der Waals surface area (Å²) >= 11 is 0. The molecule has 0 aromatic carbocycles. The Morgan fingerprint density at radius 3 is 0.308 bits per heavy atom. The molecule has 2 saturated heterocycles. The normalized spacial score (nSPS) is 15.7. The molecule has 0 unspecified atom stereocenters. The molecular weight excluding hydrogens is 822 g/mol. The number of ether oxygens (including phenoxy) is 10. The van der Waals surface area contributed by atoms with Crippen molar-refractivity contribution in [2.45, 2.75) is 0 Å². The van der Waals surface area contributed by atoms with Crippen LogP contribution in [0.15, 0.2) is 0 Å². The van der Waals surface area contributed by atoms with Gasteiger partial charge in [-0.25, -0.2) is 0 Å². The van der Waals surface area contributed by atoms with Gasteiger partial charge in [-0.3, -0.25) is 0 Å². The predicted octanol–water partition coefficient (Wildman–Crippen LogP) is -4.48. The second-order valence-corrected chi connectivity index (χ2v) is 7.02. The zero-order valence-electron chi connectivity index (χ0n) is 28.0. The van der Waals surface area contributed by atoms with E-state index in [1.54, 1.807) is 0 Å². The molecule has 318 valence electrons. The Kier molecular flexibility index (Phi) is 100. The second-order valence-electron chi connectivity index (χ2n) is 7.02. The third-order valence-corrected chi connectivity index (χ3v) is 3.72. The molecule has 2 fully saturated rings. The van der Waals surface area contributed by atoms with Crippen LogP contribution in [-0.4, -0.2) is 152 Å². The zero-order valence-corrected chi connectivity index (χ0v) is 30.3. The van der Waals surface area contributed by atoms with Crippen LogP contribution in [0.4, 0.5) is 0 Å². The minimum absolute atomic E-state index is 0. The van der Waals surface area contributed by atoms with Gasteiger partial charge in [0.2, 0.25) is 0 Å². The Hall–Kier alpha value is -2.72. The first kappa shape index (κ1) is 74.4. The van der Waals surface area contributed by atoms with E-state index in [9.17, 15) is 0 Å². The van der Waals surface area contributed by atoms with Gasteiger partial charge in [-0.15, -0.1) is 0 Å². The molecule has 2 rings (SSSR count). The number of rotatable bonds is 0. The fraction of sp³-hybridized carbons (Fsp3) is 1.00. The zero-order chi connectivity index (χ0) is 35.5. The second kappa shape index (κ2) is 69.9. The van der Waals surface area contributed by atoms with Crippen molar-refractivity contribution >= 4 is 0 Å². The summed E-state index contributed by atoms with van der Waals surface area (Å²) in [7, 11) is 0. The van der Waals surface area contributed by atoms with Gasteiger partial charge in [0.25, 0.3) is 0 Å². The minimum Gasteiger partial charge on any atom is -0.457 e. The Balaban J connectivity index is -0.0000000557. The minimum atomic E-state index is -1.75. The topological polar surface area (TPSA) is 489 Å². The standard InChI is InChI=1S/2C10H20O5.2Mn.4NO3.4H2O/c2*1-2-12-5-6-14-9-10-15-8-7-13-4-3-11-1;;;4*2-1(3)4;;;;/h2*1-10H2;;;;;;;4*1H2/q;;2*+2;4*-1;;;;/p+4. The van der Waals surface area contributed by atoms with Crippen LogP contribution in [0.3, 0.4) is 0 Å². The SMILES string of the molecule is C1COCCOCCOCCOCCO1.C1COCCOCCOCCOCCO1.O=[N+]([O-])[O-].O=[N+]([O-])[O-].O=[N+]([O-])[O-].O=[N+]([O-])[O-].[Mn+2].[Mn+2].[OH3+].[OH3+].[OH3+].[OH3+]. The number of nitrogens with zero attached hydrogens (tertiary/aromatic N) is 4. The third-order valence-electron chi connectivity index (χ3n) is 3.72. The fourth-order valence-corrected chi connectivity index (χ4v) is 2.20. The van der Waals surface area contributed by atoms with E-state index in [0.29, 0.717) is 132 Å². The van der Waals surface area contributed by atoms with Crippen molar-refractivity contribution in [2.24, 2.45) is 0 Å². The van der Waals surface area contributed by atoms with Gasteiger partial charge >= 0.3 is 34.1 Å². The molecule has 0 amide bonds.